The number of nitrogens with two attached hydrogens (primary N) is 1. The van der Waals surface area contributed by atoms with E-state index in [9.17, 15) is 27.6 Å². The molecule has 1 heterocycles. The Morgan fingerprint density at radius 3 is 2.51 bits per heavy atom. The van der Waals surface area contributed by atoms with Gasteiger partial charge in [-0.25, -0.2) is 9.52 Å². The summed E-state index contributed by atoms with van der Waals surface area (Å²) in [6, 6.07) is 8.07. The van der Waals surface area contributed by atoms with Crippen LogP contribution in [-0.2, 0) is 35.8 Å². The van der Waals surface area contributed by atoms with Crippen molar-refractivity contribution < 1.29 is 32.3 Å². The predicted octanol–water partition coefficient (Wildman–Crippen LogP) is 3.03. The lowest BCUT2D eigenvalue weighted by molar-refractivity contribution is -0.139. The van der Waals surface area contributed by atoms with Crippen LogP contribution in [0.4, 0.5) is 4.79 Å². The molecule has 4 amide bonds. The number of nitrogens with one attached hydrogen (secondary N) is 2. The van der Waals surface area contributed by atoms with Crippen LogP contribution in [0.15, 0.2) is 42.5 Å². The van der Waals surface area contributed by atoms with Gasteiger partial charge in [-0.1, -0.05) is 55.3 Å². The molecule has 0 radical (unpaired) electrons. The van der Waals surface area contributed by atoms with Crippen molar-refractivity contribution in [3.05, 3.63) is 48.0 Å². The molecule has 1 aromatic rings. The molecule has 1 saturated carbocycles. The topological polar surface area (TPSA) is 168 Å². The van der Waals surface area contributed by atoms with Gasteiger partial charge in [-0.2, -0.15) is 12.7 Å². The van der Waals surface area contributed by atoms with E-state index in [1.165, 1.54) is 11.9 Å². The number of primary amides is 1. The van der Waals surface area contributed by atoms with E-state index in [0.29, 0.717) is 45.1 Å². The van der Waals surface area contributed by atoms with Gasteiger partial charge in [-0.05, 0) is 77.2 Å². The van der Waals surface area contributed by atoms with Gasteiger partial charge in [0.1, 0.15) is 17.7 Å². The minimum atomic E-state index is -3.91. The number of likely N-dealkylation sites (N-methyl/N-ethyl adjacent to an activating group) is 1. The number of nitrogens with zero attached hydrogens (tertiary/aromatic N) is 2. The Bertz CT molecular complexity index is 1310. The van der Waals surface area contributed by atoms with Crippen LogP contribution in [0.2, 0.25) is 0 Å². The van der Waals surface area contributed by atoms with Gasteiger partial charge in [-0.3, -0.25) is 14.4 Å². The number of unbranched alkanes of at least 4 members (excludes halogenated alkanes) is 3. The minimum absolute atomic E-state index is 0.00789. The van der Waals surface area contributed by atoms with E-state index in [0.717, 1.165) is 29.1 Å². The summed E-state index contributed by atoms with van der Waals surface area (Å²) in [5, 5.41) is 2.69. The normalized spacial score (nSPS) is 20.6. The van der Waals surface area contributed by atoms with E-state index < -0.39 is 45.8 Å². The van der Waals surface area contributed by atoms with Crippen molar-refractivity contribution in [3.8, 4) is 0 Å². The van der Waals surface area contributed by atoms with Gasteiger partial charge in [0, 0.05) is 26.1 Å². The Kier molecular flexibility index (Phi) is 13.0. The number of benzene rings is 1. The summed E-state index contributed by atoms with van der Waals surface area (Å²) >= 11 is 0. The van der Waals surface area contributed by atoms with Crippen molar-refractivity contribution in [1.82, 2.24) is 19.2 Å². The largest absolute Gasteiger partial charge is 0.444 e. The fourth-order valence-corrected chi connectivity index (χ4v) is 6.25. The first-order chi connectivity index (χ1) is 21.2. The average molecular weight is 648 g/mol. The third-order valence-corrected chi connectivity index (χ3v) is 9.44. The lowest BCUT2D eigenvalue weighted by atomic mass is 10.0. The Morgan fingerprint density at radius 1 is 1.13 bits per heavy atom. The molecule has 3 rings (SSSR count). The second-order valence-corrected chi connectivity index (χ2v) is 14.7. The van der Waals surface area contributed by atoms with E-state index in [2.05, 4.69) is 10.0 Å². The molecule has 0 unspecified atom stereocenters. The van der Waals surface area contributed by atoms with Crippen LogP contribution in [0, 0.1) is 11.8 Å². The number of carbonyl (C=O) groups excluding carboxylic acids is 4. The maximum absolute atomic E-state index is 13.3. The summed E-state index contributed by atoms with van der Waals surface area (Å²) in [7, 11) is -2.45. The minimum Gasteiger partial charge on any atom is -0.444 e. The van der Waals surface area contributed by atoms with Crippen molar-refractivity contribution >= 4 is 34.0 Å². The molecule has 0 spiro atoms. The van der Waals surface area contributed by atoms with E-state index in [1.807, 2.05) is 42.5 Å². The standard InChI is InChI=1S/C32H49N5O7S/c1-32(2,3)44-31(41)34-26(30(40)37-20-13-18-27(37)28(33)38)17-12-7-5-6-11-16-24-22-25(24)29(39)35-45(42,43)36(4)21-19-23-14-9-8-10-15-23/h8-11,14-16,24-27H,5-7,12-13,17-22H2,1-4H3,(H2,33,38)(H,34,41)(H,35,39)/b16-11-/t24-,25+,26+,27+/m1/s1. The molecule has 12 nitrogen and oxygen atoms in total. The van der Waals surface area contributed by atoms with E-state index in [4.69, 9.17) is 10.5 Å². The van der Waals surface area contributed by atoms with Gasteiger partial charge in [-0.15, -0.1) is 0 Å². The highest BCUT2D eigenvalue weighted by Crippen LogP contribution is 2.40. The van der Waals surface area contributed by atoms with Crippen molar-refractivity contribution in [2.75, 3.05) is 20.1 Å². The second-order valence-electron chi connectivity index (χ2n) is 12.9. The molecule has 0 bridgehead atoms. The maximum atomic E-state index is 13.3. The highest BCUT2D eigenvalue weighted by atomic mass is 32.2. The number of ether oxygens (including phenoxy) is 1. The summed E-state index contributed by atoms with van der Waals surface area (Å²) in [4.78, 5) is 51.6. The van der Waals surface area contributed by atoms with E-state index in [-0.39, 0.29) is 24.3 Å². The lowest BCUT2D eigenvalue weighted by Crippen LogP contribution is -2.53. The van der Waals surface area contributed by atoms with Crippen molar-refractivity contribution in [2.45, 2.75) is 96.2 Å². The first-order valence-corrected chi connectivity index (χ1v) is 17.2. The first kappa shape index (κ1) is 36.0. The van der Waals surface area contributed by atoms with Crippen LogP contribution in [0.25, 0.3) is 0 Å². The molecule has 13 heteroatoms. The zero-order valence-electron chi connectivity index (χ0n) is 26.9. The van der Waals surface area contributed by atoms with Crippen molar-refractivity contribution in [3.63, 3.8) is 0 Å². The third-order valence-electron chi connectivity index (χ3n) is 7.97. The molecule has 1 aromatic carbocycles. The van der Waals surface area contributed by atoms with Gasteiger partial charge in [0.05, 0.1) is 0 Å². The highest BCUT2D eigenvalue weighted by Gasteiger charge is 2.42. The van der Waals surface area contributed by atoms with E-state index >= 15 is 0 Å². The monoisotopic (exact) mass is 647 g/mol. The van der Waals surface area contributed by atoms with Crippen LogP contribution >= 0.6 is 0 Å². The van der Waals surface area contributed by atoms with Crippen LogP contribution in [0.3, 0.4) is 0 Å². The Morgan fingerprint density at radius 2 is 1.84 bits per heavy atom. The Hall–Kier alpha value is -3.45. The fourth-order valence-electron chi connectivity index (χ4n) is 5.35. The number of carbonyl (C=O) groups is 4. The van der Waals surface area contributed by atoms with Crippen LogP contribution < -0.4 is 15.8 Å². The smallest absolute Gasteiger partial charge is 0.408 e. The van der Waals surface area contributed by atoms with Gasteiger partial charge in [0.25, 0.3) is 0 Å². The lowest BCUT2D eigenvalue weighted by Gasteiger charge is -2.28. The average Bonchev–Trinajstić information content (AvgIpc) is 3.57. The molecule has 4 N–H and O–H groups in total. The number of hydrogen-bond donors (Lipinski definition) is 3. The maximum Gasteiger partial charge on any atom is 0.408 e. The summed E-state index contributed by atoms with van der Waals surface area (Å²) in [6.45, 7) is 5.91. The van der Waals surface area contributed by atoms with Gasteiger partial charge < -0.3 is 20.7 Å². The molecule has 0 aromatic heterocycles. The fraction of sp³-hybridized carbons (Fsp3) is 0.625. The van der Waals surface area contributed by atoms with Crippen molar-refractivity contribution in [2.24, 2.45) is 17.6 Å². The zero-order chi connectivity index (χ0) is 33.2. The Labute approximate surface area is 267 Å². The summed E-state index contributed by atoms with van der Waals surface area (Å²) < 4.78 is 33.9. The van der Waals surface area contributed by atoms with Gasteiger partial charge in [0.2, 0.25) is 17.7 Å². The first-order valence-electron chi connectivity index (χ1n) is 15.8. The number of allylic oxidation sites excluding steroid dienone is 2. The molecule has 45 heavy (non-hydrogen) atoms. The molecular weight excluding hydrogens is 598 g/mol. The van der Waals surface area contributed by atoms with Crippen LogP contribution in [-0.4, -0.2) is 79.3 Å². The summed E-state index contributed by atoms with van der Waals surface area (Å²) in [5.41, 5.74) is 5.79. The molecule has 4 atom stereocenters. The summed E-state index contributed by atoms with van der Waals surface area (Å²) in [6.07, 6.45) is 9.07. The van der Waals surface area contributed by atoms with Crippen molar-refractivity contribution in [1.29, 1.82) is 0 Å². The molecule has 2 aliphatic rings. The SMILES string of the molecule is CN(CCc1ccccc1)S(=O)(=O)NC(=O)[C@H]1C[C@H]1/C=C\CCCCC[C@H](NC(=O)OC(C)(C)C)C(=O)N1CCC[C@H]1C(N)=O. The highest BCUT2D eigenvalue weighted by molar-refractivity contribution is 7.87. The number of likely N-dealkylation sites (tertiary alicyclic amines) is 1. The summed E-state index contributed by atoms with van der Waals surface area (Å²) in [5.74, 6) is -1.72. The molecule has 1 aliphatic heterocycles. The van der Waals surface area contributed by atoms with Crippen LogP contribution in [0.5, 0.6) is 0 Å². The number of alkyl carbamates (subject to hydrolysis) is 1. The zero-order valence-corrected chi connectivity index (χ0v) is 27.7. The molecular formula is C32H49N5O7S. The molecule has 2 fully saturated rings. The molecule has 1 saturated heterocycles. The second kappa shape index (κ2) is 16.2. The Balaban J connectivity index is 1.39. The molecule has 250 valence electrons. The van der Waals surface area contributed by atoms with Gasteiger partial charge >= 0.3 is 16.3 Å². The van der Waals surface area contributed by atoms with Crippen LogP contribution in [0.1, 0.15) is 77.7 Å². The predicted molar refractivity (Wildman–Crippen MR) is 171 cm³/mol. The third kappa shape index (κ3) is 11.8. The van der Waals surface area contributed by atoms with Gasteiger partial charge in [0.15, 0.2) is 0 Å². The number of rotatable bonds is 16. The number of hydrogen-bond acceptors (Lipinski definition) is 7. The molecule has 1 aliphatic carbocycles. The number of amides is 4. The van der Waals surface area contributed by atoms with E-state index in [1.54, 1.807) is 20.8 Å². The quantitative estimate of drug-likeness (QED) is 0.183.